The van der Waals surface area contributed by atoms with Crippen LogP contribution in [-0.2, 0) is 10.5 Å². The zero-order chi connectivity index (χ0) is 15.1. The predicted molar refractivity (Wildman–Crippen MR) is 87.2 cm³/mol. The Bertz CT molecular complexity index is 457. The van der Waals surface area contributed by atoms with Gasteiger partial charge in [-0.3, -0.25) is 4.79 Å². The quantitative estimate of drug-likeness (QED) is 0.783. The molecule has 0 spiro atoms. The molecule has 0 unspecified atom stereocenters. The summed E-state index contributed by atoms with van der Waals surface area (Å²) in [6.07, 6.45) is 5.62. The Hall–Kier alpha value is -0.740. The van der Waals surface area contributed by atoms with Gasteiger partial charge in [-0.05, 0) is 25.0 Å². The lowest BCUT2D eigenvalue weighted by atomic mass is 9.89. The van der Waals surface area contributed by atoms with Crippen molar-refractivity contribution < 1.29 is 9.18 Å². The molecule has 5 heteroatoms. The molecule has 0 aromatic heterocycles. The van der Waals surface area contributed by atoms with Gasteiger partial charge in [-0.15, -0.1) is 0 Å². The number of nitrogens with one attached hydrogen (secondary N) is 1. The zero-order valence-electron chi connectivity index (χ0n) is 12.0. The van der Waals surface area contributed by atoms with Crippen molar-refractivity contribution in [2.45, 2.75) is 37.9 Å². The van der Waals surface area contributed by atoms with Crippen molar-refractivity contribution in [3.63, 3.8) is 0 Å². The monoisotopic (exact) mass is 329 g/mol. The van der Waals surface area contributed by atoms with E-state index in [1.54, 1.807) is 23.9 Å². The molecule has 0 aliphatic heterocycles. The van der Waals surface area contributed by atoms with Crippen LogP contribution in [0, 0.1) is 11.7 Å². The first-order valence-electron chi connectivity index (χ1n) is 7.47. The van der Waals surface area contributed by atoms with Gasteiger partial charge in [-0.1, -0.05) is 36.9 Å². The number of rotatable bonds is 6. The average molecular weight is 330 g/mol. The van der Waals surface area contributed by atoms with Crippen LogP contribution in [0.5, 0.6) is 0 Å². The van der Waals surface area contributed by atoms with Gasteiger partial charge in [0, 0.05) is 34.6 Å². The smallest absolute Gasteiger partial charge is 0.223 e. The molecule has 2 rings (SSSR count). The third-order valence-corrected chi connectivity index (χ3v) is 5.17. The van der Waals surface area contributed by atoms with Crippen molar-refractivity contribution in [2.24, 2.45) is 5.92 Å². The Morgan fingerprint density at radius 1 is 1.33 bits per heavy atom. The highest BCUT2D eigenvalue weighted by atomic mass is 35.5. The van der Waals surface area contributed by atoms with Gasteiger partial charge in [0.25, 0.3) is 0 Å². The highest BCUT2D eigenvalue weighted by molar-refractivity contribution is 7.98. The first-order valence-corrected chi connectivity index (χ1v) is 9.00. The van der Waals surface area contributed by atoms with Crippen LogP contribution < -0.4 is 5.32 Å². The van der Waals surface area contributed by atoms with Crippen LogP contribution in [0.1, 0.15) is 37.7 Å². The molecule has 1 aromatic rings. The van der Waals surface area contributed by atoms with Gasteiger partial charge in [0.1, 0.15) is 5.82 Å². The van der Waals surface area contributed by atoms with Gasteiger partial charge < -0.3 is 5.32 Å². The van der Waals surface area contributed by atoms with Crippen molar-refractivity contribution in [3.05, 3.63) is 34.6 Å². The number of halogens is 2. The number of amides is 1. The van der Waals surface area contributed by atoms with Crippen molar-refractivity contribution in [1.82, 2.24) is 5.32 Å². The van der Waals surface area contributed by atoms with Crippen LogP contribution in [0.25, 0.3) is 0 Å². The molecular formula is C16H21ClFNOS. The van der Waals surface area contributed by atoms with Crippen molar-refractivity contribution in [2.75, 3.05) is 12.3 Å². The Morgan fingerprint density at radius 3 is 2.81 bits per heavy atom. The summed E-state index contributed by atoms with van der Waals surface area (Å²) in [6, 6.07) is 4.73. The van der Waals surface area contributed by atoms with Gasteiger partial charge >= 0.3 is 0 Å². The summed E-state index contributed by atoms with van der Waals surface area (Å²) in [5.41, 5.74) is 0.544. The molecule has 1 aliphatic rings. The van der Waals surface area contributed by atoms with Gasteiger partial charge in [-0.2, -0.15) is 11.8 Å². The molecule has 1 saturated carbocycles. The third-order valence-electron chi connectivity index (χ3n) is 3.83. The number of hydrogen-bond acceptors (Lipinski definition) is 2. The van der Waals surface area contributed by atoms with Crippen molar-refractivity contribution >= 4 is 29.3 Å². The van der Waals surface area contributed by atoms with Gasteiger partial charge in [0.2, 0.25) is 5.91 Å². The Labute approximate surface area is 134 Å². The highest BCUT2D eigenvalue weighted by Gasteiger charge is 2.20. The summed E-state index contributed by atoms with van der Waals surface area (Å²) < 4.78 is 13.6. The zero-order valence-corrected chi connectivity index (χ0v) is 13.6. The summed E-state index contributed by atoms with van der Waals surface area (Å²) in [5, 5.41) is 3.45. The first-order chi connectivity index (χ1) is 10.2. The lowest BCUT2D eigenvalue weighted by Gasteiger charge is -2.20. The Morgan fingerprint density at radius 2 is 2.10 bits per heavy atom. The van der Waals surface area contributed by atoms with E-state index in [-0.39, 0.29) is 17.6 Å². The van der Waals surface area contributed by atoms with Crippen LogP contribution in [0.3, 0.4) is 0 Å². The predicted octanol–water partition coefficient (Wildman–Crippen LogP) is 4.41. The minimum atomic E-state index is -0.263. The molecule has 0 saturated heterocycles. The van der Waals surface area contributed by atoms with E-state index in [0.29, 0.717) is 22.9 Å². The molecule has 2 nitrogen and oxygen atoms in total. The molecular weight excluding hydrogens is 309 g/mol. The molecule has 0 radical (unpaired) electrons. The normalized spacial score (nSPS) is 15.9. The fraction of sp³-hybridized carbons (Fsp3) is 0.562. The van der Waals surface area contributed by atoms with Crippen molar-refractivity contribution in [1.29, 1.82) is 0 Å². The second-order valence-electron chi connectivity index (χ2n) is 5.38. The largest absolute Gasteiger partial charge is 0.355 e. The number of thioether (sulfide) groups is 1. The topological polar surface area (TPSA) is 29.1 Å². The molecule has 116 valence electrons. The average Bonchev–Trinajstić information content (AvgIpc) is 2.50. The van der Waals surface area contributed by atoms with Crippen LogP contribution in [0.15, 0.2) is 18.2 Å². The molecule has 0 heterocycles. The van der Waals surface area contributed by atoms with Crippen LogP contribution >= 0.6 is 23.4 Å². The van der Waals surface area contributed by atoms with E-state index in [4.69, 9.17) is 11.6 Å². The molecule has 1 fully saturated rings. The van der Waals surface area contributed by atoms with Gasteiger partial charge in [0.15, 0.2) is 0 Å². The maximum absolute atomic E-state index is 13.6. The molecule has 0 atom stereocenters. The molecule has 0 bridgehead atoms. The molecule has 21 heavy (non-hydrogen) atoms. The van der Waals surface area contributed by atoms with Crippen LogP contribution in [0.2, 0.25) is 5.02 Å². The van der Waals surface area contributed by atoms with Gasteiger partial charge in [-0.25, -0.2) is 4.39 Å². The fourth-order valence-electron chi connectivity index (χ4n) is 2.60. The Balaban J connectivity index is 1.64. The van der Waals surface area contributed by atoms with E-state index < -0.39 is 0 Å². The fourth-order valence-corrected chi connectivity index (χ4v) is 3.80. The Kier molecular flexibility index (Phi) is 6.84. The molecule has 1 aromatic carbocycles. The highest BCUT2D eigenvalue weighted by Crippen LogP contribution is 2.24. The molecule has 1 aliphatic carbocycles. The number of hydrogen-bond donors (Lipinski definition) is 1. The van der Waals surface area contributed by atoms with E-state index in [2.05, 4.69) is 5.32 Å². The van der Waals surface area contributed by atoms with E-state index in [9.17, 15) is 9.18 Å². The minimum absolute atomic E-state index is 0.180. The standard InChI is InChI=1S/C16H21ClFNOS/c17-14-7-4-8-15(18)13(14)11-21-10-9-19-16(20)12-5-2-1-3-6-12/h4,7-8,12H,1-3,5-6,9-11H2,(H,19,20). The summed E-state index contributed by atoms with van der Waals surface area (Å²) in [5.74, 6) is 1.42. The molecule has 1 amide bonds. The second kappa shape index (κ2) is 8.64. The number of benzene rings is 1. The summed E-state index contributed by atoms with van der Waals surface area (Å²) in [6.45, 7) is 0.631. The van der Waals surface area contributed by atoms with E-state index in [0.717, 1.165) is 18.6 Å². The summed E-state index contributed by atoms with van der Waals surface area (Å²) >= 11 is 7.56. The number of carbonyl (C=O) groups is 1. The number of carbonyl (C=O) groups excluding carboxylic acids is 1. The van der Waals surface area contributed by atoms with Gasteiger partial charge in [0.05, 0.1) is 0 Å². The lowest BCUT2D eigenvalue weighted by molar-refractivity contribution is -0.125. The maximum Gasteiger partial charge on any atom is 0.223 e. The summed E-state index contributed by atoms with van der Waals surface area (Å²) in [4.78, 5) is 11.9. The van der Waals surface area contributed by atoms with Crippen molar-refractivity contribution in [3.8, 4) is 0 Å². The van der Waals surface area contributed by atoms with E-state index >= 15 is 0 Å². The maximum atomic E-state index is 13.6. The lowest BCUT2D eigenvalue weighted by Crippen LogP contribution is -2.33. The second-order valence-corrected chi connectivity index (χ2v) is 6.89. The molecule has 1 N–H and O–H groups in total. The minimum Gasteiger partial charge on any atom is -0.355 e. The first kappa shape index (κ1) is 16.6. The van der Waals surface area contributed by atoms with E-state index in [1.807, 2.05) is 0 Å². The summed E-state index contributed by atoms with van der Waals surface area (Å²) in [7, 11) is 0. The third kappa shape index (κ3) is 5.19. The SMILES string of the molecule is O=C(NCCSCc1c(F)cccc1Cl)C1CCCCC1. The van der Waals surface area contributed by atoms with E-state index in [1.165, 1.54) is 25.3 Å². The van der Waals surface area contributed by atoms with Crippen LogP contribution in [0.4, 0.5) is 4.39 Å². The van der Waals surface area contributed by atoms with Crippen LogP contribution in [-0.4, -0.2) is 18.2 Å².